The number of nitrogens with one attached hydrogen (secondary N) is 1. The van der Waals surface area contributed by atoms with Gasteiger partial charge in [0.2, 0.25) is 0 Å². The predicted molar refractivity (Wildman–Crippen MR) is 79.6 cm³/mol. The van der Waals surface area contributed by atoms with Crippen LogP contribution in [0.1, 0.15) is 37.1 Å². The first kappa shape index (κ1) is 13.2. The molecular formula is C16H21N3O. The van der Waals surface area contributed by atoms with Crippen molar-refractivity contribution in [2.24, 2.45) is 0 Å². The third-order valence-electron chi connectivity index (χ3n) is 3.89. The maximum atomic E-state index is 5.46. The summed E-state index contributed by atoms with van der Waals surface area (Å²) in [4.78, 5) is 6.97. The lowest BCUT2D eigenvalue weighted by atomic mass is 10.1. The van der Waals surface area contributed by atoms with E-state index in [1.54, 1.807) is 6.26 Å². The van der Waals surface area contributed by atoms with Gasteiger partial charge in [-0.25, -0.2) is 4.98 Å². The van der Waals surface area contributed by atoms with E-state index in [1.807, 2.05) is 25.4 Å². The number of furan rings is 1. The topological polar surface area (TPSA) is 41.3 Å². The van der Waals surface area contributed by atoms with Crippen molar-refractivity contribution in [3.05, 3.63) is 48.0 Å². The van der Waals surface area contributed by atoms with E-state index in [2.05, 4.69) is 34.3 Å². The standard InChI is InChI=1S/C16H21N3O/c1-12(17-2)13-5-8-16(18-10-13)19(14-6-7-14)11-15-4-3-9-20-15/h3-5,8-10,12,14,17H,6-7,11H2,1-2H3. The Morgan fingerprint density at radius 3 is 2.80 bits per heavy atom. The molecule has 20 heavy (non-hydrogen) atoms. The van der Waals surface area contributed by atoms with E-state index in [9.17, 15) is 0 Å². The van der Waals surface area contributed by atoms with Gasteiger partial charge in [0.15, 0.2) is 0 Å². The highest BCUT2D eigenvalue weighted by molar-refractivity contribution is 5.43. The van der Waals surface area contributed by atoms with Gasteiger partial charge in [0.1, 0.15) is 11.6 Å². The molecule has 0 aromatic carbocycles. The summed E-state index contributed by atoms with van der Waals surface area (Å²) < 4.78 is 5.46. The molecule has 1 atom stereocenters. The maximum absolute atomic E-state index is 5.46. The summed E-state index contributed by atoms with van der Waals surface area (Å²) >= 11 is 0. The van der Waals surface area contributed by atoms with Crippen molar-refractivity contribution in [2.45, 2.75) is 38.4 Å². The van der Waals surface area contributed by atoms with Gasteiger partial charge in [-0.05, 0) is 50.6 Å². The Bertz CT molecular complexity index is 531. The number of nitrogens with zero attached hydrogens (tertiary/aromatic N) is 2. The van der Waals surface area contributed by atoms with Gasteiger partial charge >= 0.3 is 0 Å². The number of hydrogen-bond donors (Lipinski definition) is 1. The number of hydrogen-bond acceptors (Lipinski definition) is 4. The van der Waals surface area contributed by atoms with E-state index in [0.29, 0.717) is 12.1 Å². The summed E-state index contributed by atoms with van der Waals surface area (Å²) in [6.07, 6.45) is 6.19. The molecular weight excluding hydrogens is 250 g/mol. The summed E-state index contributed by atoms with van der Waals surface area (Å²) in [7, 11) is 1.96. The van der Waals surface area contributed by atoms with Gasteiger partial charge in [-0.1, -0.05) is 6.07 Å². The molecule has 2 aromatic rings. The Labute approximate surface area is 119 Å². The van der Waals surface area contributed by atoms with E-state index in [4.69, 9.17) is 4.42 Å². The van der Waals surface area contributed by atoms with Gasteiger partial charge in [-0.3, -0.25) is 0 Å². The SMILES string of the molecule is CNC(C)c1ccc(N(Cc2ccco2)C2CC2)nc1. The van der Waals surface area contributed by atoms with Gasteiger partial charge in [-0.15, -0.1) is 0 Å². The summed E-state index contributed by atoms with van der Waals surface area (Å²) in [6, 6.07) is 9.17. The minimum atomic E-state index is 0.330. The first-order chi connectivity index (χ1) is 9.78. The van der Waals surface area contributed by atoms with Crippen LogP contribution in [0.15, 0.2) is 41.1 Å². The van der Waals surface area contributed by atoms with Crippen LogP contribution in [0.3, 0.4) is 0 Å². The maximum Gasteiger partial charge on any atom is 0.129 e. The molecule has 2 heterocycles. The van der Waals surface area contributed by atoms with Crippen LogP contribution in [0.5, 0.6) is 0 Å². The summed E-state index contributed by atoms with van der Waals surface area (Å²) in [5.41, 5.74) is 1.21. The molecule has 0 spiro atoms. The first-order valence-corrected chi connectivity index (χ1v) is 7.20. The number of aromatic nitrogens is 1. The molecule has 1 saturated carbocycles. The molecule has 4 heteroatoms. The molecule has 1 fully saturated rings. The second kappa shape index (κ2) is 5.67. The van der Waals surface area contributed by atoms with Crippen molar-refractivity contribution >= 4 is 5.82 Å². The van der Waals surface area contributed by atoms with Crippen molar-refractivity contribution < 1.29 is 4.42 Å². The van der Waals surface area contributed by atoms with Crippen molar-refractivity contribution in [1.82, 2.24) is 10.3 Å². The molecule has 1 aliphatic carbocycles. The van der Waals surface area contributed by atoms with Crippen LogP contribution >= 0.6 is 0 Å². The minimum absolute atomic E-state index is 0.330. The van der Waals surface area contributed by atoms with Crippen LogP contribution in [0.4, 0.5) is 5.82 Å². The van der Waals surface area contributed by atoms with Gasteiger partial charge in [0.05, 0.1) is 12.8 Å². The second-order valence-electron chi connectivity index (χ2n) is 5.40. The van der Waals surface area contributed by atoms with Crippen LogP contribution in [-0.2, 0) is 6.54 Å². The van der Waals surface area contributed by atoms with Gasteiger partial charge in [0, 0.05) is 18.3 Å². The summed E-state index contributed by atoms with van der Waals surface area (Å²) in [5, 5.41) is 3.23. The average Bonchev–Trinajstić information content (AvgIpc) is 3.21. The van der Waals surface area contributed by atoms with Crippen LogP contribution < -0.4 is 10.2 Å². The second-order valence-corrected chi connectivity index (χ2v) is 5.40. The largest absolute Gasteiger partial charge is 0.467 e. The zero-order chi connectivity index (χ0) is 13.9. The molecule has 0 saturated heterocycles. The van der Waals surface area contributed by atoms with E-state index in [1.165, 1.54) is 18.4 Å². The Kier molecular flexibility index (Phi) is 3.74. The van der Waals surface area contributed by atoms with E-state index in [0.717, 1.165) is 18.1 Å². The first-order valence-electron chi connectivity index (χ1n) is 7.20. The number of rotatable bonds is 6. The molecule has 0 bridgehead atoms. The Morgan fingerprint density at radius 2 is 2.25 bits per heavy atom. The number of pyridine rings is 1. The summed E-state index contributed by atoms with van der Waals surface area (Å²) in [5.74, 6) is 2.03. The smallest absolute Gasteiger partial charge is 0.129 e. The van der Waals surface area contributed by atoms with Gasteiger partial charge < -0.3 is 14.6 Å². The van der Waals surface area contributed by atoms with Crippen LogP contribution in [0.2, 0.25) is 0 Å². The molecule has 0 amide bonds. The highest BCUT2D eigenvalue weighted by atomic mass is 16.3. The fourth-order valence-corrected chi connectivity index (χ4v) is 2.34. The molecule has 1 N–H and O–H groups in total. The third kappa shape index (κ3) is 2.85. The van der Waals surface area contributed by atoms with E-state index in [-0.39, 0.29) is 0 Å². The lowest BCUT2D eigenvalue weighted by molar-refractivity contribution is 0.500. The van der Waals surface area contributed by atoms with Gasteiger partial charge in [0.25, 0.3) is 0 Å². The van der Waals surface area contributed by atoms with Crippen LogP contribution in [0.25, 0.3) is 0 Å². The quantitative estimate of drug-likeness (QED) is 0.876. The van der Waals surface area contributed by atoms with E-state index < -0.39 is 0 Å². The summed E-state index contributed by atoms with van der Waals surface area (Å²) in [6.45, 7) is 2.93. The normalized spacial score (nSPS) is 16.1. The fraction of sp³-hybridized carbons (Fsp3) is 0.438. The van der Waals surface area contributed by atoms with Crippen molar-refractivity contribution in [1.29, 1.82) is 0 Å². The number of anilines is 1. The molecule has 1 unspecified atom stereocenters. The third-order valence-corrected chi connectivity index (χ3v) is 3.89. The minimum Gasteiger partial charge on any atom is -0.467 e. The molecule has 1 aliphatic rings. The highest BCUT2D eigenvalue weighted by Gasteiger charge is 2.30. The van der Waals surface area contributed by atoms with Gasteiger partial charge in [-0.2, -0.15) is 0 Å². The zero-order valence-electron chi connectivity index (χ0n) is 12.0. The van der Waals surface area contributed by atoms with Crippen molar-refractivity contribution in [3.63, 3.8) is 0 Å². The molecule has 0 aliphatic heterocycles. The van der Waals surface area contributed by atoms with Crippen molar-refractivity contribution in [2.75, 3.05) is 11.9 Å². The highest BCUT2D eigenvalue weighted by Crippen LogP contribution is 2.32. The fourth-order valence-electron chi connectivity index (χ4n) is 2.34. The Hall–Kier alpha value is -1.81. The predicted octanol–water partition coefficient (Wildman–Crippen LogP) is 3.12. The molecule has 2 aromatic heterocycles. The zero-order valence-corrected chi connectivity index (χ0v) is 12.0. The van der Waals surface area contributed by atoms with E-state index >= 15 is 0 Å². The molecule has 0 radical (unpaired) electrons. The lowest BCUT2D eigenvalue weighted by Gasteiger charge is -2.23. The van der Waals surface area contributed by atoms with Crippen LogP contribution in [-0.4, -0.2) is 18.1 Å². The molecule has 3 rings (SSSR count). The average molecular weight is 271 g/mol. The molecule has 106 valence electrons. The van der Waals surface area contributed by atoms with Crippen LogP contribution in [0, 0.1) is 0 Å². The van der Waals surface area contributed by atoms with Crippen molar-refractivity contribution in [3.8, 4) is 0 Å². The lowest BCUT2D eigenvalue weighted by Crippen LogP contribution is -2.25. The molecule has 4 nitrogen and oxygen atoms in total. The Balaban J connectivity index is 1.77. The Morgan fingerprint density at radius 1 is 1.40 bits per heavy atom. The monoisotopic (exact) mass is 271 g/mol.